The standard InChI is InChI=1S/C30H32Cl4N4O3/c1-3-25-19-11-23(33)21(31)9-16(19)13-36(25)15-38-28(40)30(18-5-6-18,35-29(38)41)8-7-27(39)37-14-17-10-22(32)24(34)12-20(17)26(37)4-2/h9-12,18,25-26H,3-8,13-15H2,1-2H3,(H,35,41)/t25?,26?,30-/m0/s1. The first-order valence-electron chi connectivity index (χ1n) is 14.2. The average molecular weight is 638 g/mol. The van der Waals surface area contributed by atoms with Crippen molar-refractivity contribution in [1.29, 1.82) is 0 Å². The summed E-state index contributed by atoms with van der Waals surface area (Å²) in [6.45, 7) is 5.29. The van der Waals surface area contributed by atoms with E-state index >= 15 is 0 Å². The third-order valence-electron chi connectivity index (χ3n) is 9.24. The van der Waals surface area contributed by atoms with Gasteiger partial charge in [-0.3, -0.25) is 14.5 Å². The summed E-state index contributed by atoms with van der Waals surface area (Å²) >= 11 is 25.1. The molecule has 4 aliphatic rings. The average Bonchev–Trinajstić information content (AvgIpc) is 3.61. The highest BCUT2D eigenvalue weighted by molar-refractivity contribution is 6.42. The molecule has 11 heteroatoms. The van der Waals surface area contributed by atoms with Gasteiger partial charge in [-0.15, -0.1) is 0 Å². The molecule has 2 aromatic carbocycles. The van der Waals surface area contributed by atoms with Gasteiger partial charge in [0.25, 0.3) is 5.91 Å². The molecule has 2 fully saturated rings. The highest BCUT2D eigenvalue weighted by Crippen LogP contribution is 2.47. The van der Waals surface area contributed by atoms with Gasteiger partial charge in [-0.05, 0) is 84.5 Å². The minimum absolute atomic E-state index is 0.0163. The molecule has 0 bridgehead atoms. The quantitative estimate of drug-likeness (QED) is 0.304. The predicted octanol–water partition coefficient (Wildman–Crippen LogP) is 7.50. The van der Waals surface area contributed by atoms with Crippen LogP contribution in [0.1, 0.15) is 86.7 Å². The number of rotatable bonds is 8. The van der Waals surface area contributed by atoms with E-state index in [1.165, 1.54) is 4.90 Å². The van der Waals surface area contributed by atoms with E-state index in [0.717, 1.165) is 47.9 Å². The number of hydrogen-bond acceptors (Lipinski definition) is 4. The van der Waals surface area contributed by atoms with Crippen molar-refractivity contribution in [1.82, 2.24) is 20.0 Å². The van der Waals surface area contributed by atoms with Gasteiger partial charge in [-0.1, -0.05) is 60.3 Å². The normalized spacial score (nSPS) is 25.6. The molecule has 4 amide bonds. The first kappa shape index (κ1) is 29.1. The summed E-state index contributed by atoms with van der Waals surface area (Å²) in [5.41, 5.74) is 3.08. The molecular weight excluding hydrogens is 606 g/mol. The summed E-state index contributed by atoms with van der Waals surface area (Å²) in [6, 6.07) is 6.97. The van der Waals surface area contributed by atoms with Crippen molar-refractivity contribution < 1.29 is 14.4 Å². The lowest BCUT2D eigenvalue weighted by atomic mass is 9.87. The molecule has 7 nitrogen and oxygen atoms in total. The van der Waals surface area contributed by atoms with Crippen LogP contribution >= 0.6 is 46.4 Å². The number of fused-ring (bicyclic) bond motifs is 2. The number of hydrogen-bond donors (Lipinski definition) is 1. The van der Waals surface area contributed by atoms with Crippen LogP contribution in [0.3, 0.4) is 0 Å². The number of carbonyl (C=O) groups excluding carboxylic acids is 3. The van der Waals surface area contributed by atoms with Crippen molar-refractivity contribution in [3.8, 4) is 0 Å². The Hall–Kier alpha value is -2.03. The highest BCUT2D eigenvalue weighted by Gasteiger charge is 2.59. The third-order valence-corrected chi connectivity index (χ3v) is 10.7. The number of benzene rings is 2. The summed E-state index contributed by atoms with van der Waals surface area (Å²) in [7, 11) is 0. The van der Waals surface area contributed by atoms with Gasteiger partial charge in [0, 0.05) is 25.6 Å². The molecule has 1 N–H and O–H groups in total. The zero-order chi connectivity index (χ0) is 29.2. The van der Waals surface area contributed by atoms with Gasteiger partial charge >= 0.3 is 6.03 Å². The van der Waals surface area contributed by atoms with Crippen molar-refractivity contribution in [2.75, 3.05) is 6.67 Å². The van der Waals surface area contributed by atoms with Gasteiger partial charge in [0.2, 0.25) is 5.91 Å². The molecule has 2 unspecified atom stereocenters. The van der Waals surface area contributed by atoms with Crippen molar-refractivity contribution in [3.63, 3.8) is 0 Å². The largest absolute Gasteiger partial charge is 0.331 e. The maximum Gasteiger partial charge on any atom is 0.326 e. The SMILES string of the molecule is CCC1c2cc(Cl)c(Cl)cc2CN1CN1C(=O)N[C@@](CCC(=O)N2Cc3cc(Cl)c(Cl)cc3C2CC)(C2CC2)C1=O. The van der Waals surface area contributed by atoms with E-state index in [9.17, 15) is 14.4 Å². The fraction of sp³-hybridized carbons (Fsp3) is 0.500. The number of carbonyl (C=O) groups is 3. The van der Waals surface area contributed by atoms with Crippen LogP contribution in [0.15, 0.2) is 24.3 Å². The lowest BCUT2D eigenvalue weighted by molar-refractivity contribution is -0.136. The van der Waals surface area contributed by atoms with Gasteiger partial charge in [0.05, 0.1) is 32.8 Å². The van der Waals surface area contributed by atoms with Crippen LogP contribution in [-0.2, 0) is 22.7 Å². The second-order valence-corrected chi connectivity index (χ2v) is 13.2. The van der Waals surface area contributed by atoms with E-state index in [2.05, 4.69) is 17.1 Å². The van der Waals surface area contributed by atoms with Crippen LogP contribution in [0.4, 0.5) is 4.79 Å². The van der Waals surface area contributed by atoms with Crippen LogP contribution in [0.2, 0.25) is 20.1 Å². The molecule has 2 aromatic rings. The Morgan fingerprint density at radius 1 is 0.878 bits per heavy atom. The molecule has 3 aliphatic heterocycles. The van der Waals surface area contributed by atoms with Gasteiger partial charge in [-0.2, -0.15) is 0 Å². The minimum Gasteiger partial charge on any atom is -0.331 e. The monoisotopic (exact) mass is 636 g/mol. The maximum absolute atomic E-state index is 14.0. The molecule has 0 spiro atoms. The molecule has 41 heavy (non-hydrogen) atoms. The third kappa shape index (κ3) is 4.92. The number of amides is 4. The van der Waals surface area contributed by atoms with Gasteiger partial charge in [0.1, 0.15) is 5.54 Å². The van der Waals surface area contributed by atoms with E-state index < -0.39 is 11.6 Å². The van der Waals surface area contributed by atoms with E-state index in [0.29, 0.717) is 33.2 Å². The number of urea groups is 1. The van der Waals surface area contributed by atoms with Crippen LogP contribution < -0.4 is 5.32 Å². The Balaban J connectivity index is 1.17. The van der Waals surface area contributed by atoms with Gasteiger partial charge in [0.15, 0.2) is 0 Å². The molecular formula is C30H32Cl4N4O3. The highest BCUT2D eigenvalue weighted by atomic mass is 35.5. The van der Waals surface area contributed by atoms with Crippen molar-refractivity contribution >= 4 is 64.2 Å². The Morgan fingerprint density at radius 3 is 2.02 bits per heavy atom. The summed E-state index contributed by atoms with van der Waals surface area (Å²) < 4.78 is 0. The summed E-state index contributed by atoms with van der Waals surface area (Å²) in [5.74, 6) is -0.256. The van der Waals surface area contributed by atoms with E-state index in [-0.39, 0.29) is 49.3 Å². The molecule has 0 aromatic heterocycles. The molecule has 3 heterocycles. The zero-order valence-electron chi connectivity index (χ0n) is 23.0. The molecule has 218 valence electrons. The molecule has 1 saturated heterocycles. The molecule has 6 rings (SSSR count). The van der Waals surface area contributed by atoms with Crippen molar-refractivity contribution in [2.24, 2.45) is 5.92 Å². The Kier molecular flexibility index (Phi) is 7.73. The minimum atomic E-state index is -1.06. The number of nitrogens with one attached hydrogen (secondary N) is 1. The summed E-state index contributed by atoms with van der Waals surface area (Å²) in [4.78, 5) is 46.2. The topological polar surface area (TPSA) is 73.0 Å². The van der Waals surface area contributed by atoms with E-state index in [4.69, 9.17) is 46.4 Å². The van der Waals surface area contributed by atoms with Crippen molar-refractivity contribution in [2.45, 2.75) is 83.1 Å². The fourth-order valence-electron chi connectivity index (χ4n) is 7.05. The van der Waals surface area contributed by atoms with Crippen LogP contribution in [0.25, 0.3) is 0 Å². The lowest BCUT2D eigenvalue weighted by Gasteiger charge is -2.30. The second kappa shape index (κ2) is 10.9. The van der Waals surface area contributed by atoms with Gasteiger partial charge < -0.3 is 10.2 Å². The number of imide groups is 1. The van der Waals surface area contributed by atoms with Crippen molar-refractivity contribution in [3.05, 3.63) is 66.6 Å². The van der Waals surface area contributed by atoms with E-state index in [1.807, 2.05) is 36.1 Å². The first-order valence-corrected chi connectivity index (χ1v) is 15.7. The summed E-state index contributed by atoms with van der Waals surface area (Å²) in [5, 5.41) is 4.98. The maximum atomic E-state index is 14.0. The lowest BCUT2D eigenvalue weighted by Crippen LogP contribution is -2.50. The summed E-state index contributed by atoms with van der Waals surface area (Å²) in [6.07, 6.45) is 3.66. The first-order chi connectivity index (χ1) is 19.6. The smallest absolute Gasteiger partial charge is 0.326 e. The number of halogens is 4. The zero-order valence-corrected chi connectivity index (χ0v) is 26.0. The van der Waals surface area contributed by atoms with E-state index in [1.54, 1.807) is 0 Å². The second-order valence-electron chi connectivity index (χ2n) is 11.6. The number of nitrogens with zero attached hydrogens (tertiary/aromatic N) is 3. The van der Waals surface area contributed by atoms with Gasteiger partial charge in [-0.25, -0.2) is 9.69 Å². The Morgan fingerprint density at radius 2 is 1.44 bits per heavy atom. The Bertz CT molecular complexity index is 1450. The predicted molar refractivity (Wildman–Crippen MR) is 160 cm³/mol. The Labute approximate surface area is 260 Å². The fourth-order valence-corrected chi connectivity index (χ4v) is 7.76. The molecule has 0 radical (unpaired) electrons. The molecule has 3 atom stereocenters. The van der Waals surface area contributed by atoms with Crippen LogP contribution in [0.5, 0.6) is 0 Å². The van der Waals surface area contributed by atoms with Crippen LogP contribution in [-0.4, -0.2) is 44.8 Å². The molecule has 1 saturated carbocycles. The molecule has 1 aliphatic carbocycles. The van der Waals surface area contributed by atoms with Crippen LogP contribution in [0, 0.1) is 5.92 Å².